The summed E-state index contributed by atoms with van der Waals surface area (Å²) in [5.74, 6) is 0.437. The predicted molar refractivity (Wildman–Crippen MR) is 116 cm³/mol. The molecule has 4 rings (SSSR count). The predicted octanol–water partition coefficient (Wildman–Crippen LogP) is 4.33. The maximum Gasteiger partial charge on any atom is 0.337 e. The number of ether oxygens (including phenoxy) is 1. The van der Waals surface area contributed by atoms with Crippen molar-refractivity contribution in [2.45, 2.75) is 31.2 Å². The molecule has 1 aliphatic carbocycles. The normalized spacial score (nSPS) is 15.7. The molecular weight excluding hydrogens is 406 g/mol. The molecule has 2 heterocycles. The first-order valence-electron chi connectivity index (χ1n) is 9.41. The van der Waals surface area contributed by atoms with Crippen LogP contribution in [0.15, 0.2) is 35.6 Å². The number of esters is 1. The summed E-state index contributed by atoms with van der Waals surface area (Å²) in [5.41, 5.74) is 2.45. The third kappa shape index (κ3) is 4.28. The molecule has 0 fully saturated rings. The van der Waals surface area contributed by atoms with Crippen LogP contribution in [0.5, 0.6) is 0 Å². The van der Waals surface area contributed by atoms with Gasteiger partial charge in [0.2, 0.25) is 5.91 Å². The number of hydrogen-bond donors (Lipinski definition) is 1. The van der Waals surface area contributed by atoms with Gasteiger partial charge < -0.3 is 10.1 Å². The summed E-state index contributed by atoms with van der Waals surface area (Å²) in [6.45, 7) is 2.29. The smallest absolute Gasteiger partial charge is 0.337 e. The van der Waals surface area contributed by atoms with Gasteiger partial charge in [0.1, 0.15) is 16.2 Å². The lowest BCUT2D eigenvalue weighted by Crippen LogP contribution is -2.14. The van der Waals surface area contributed by atoms with Gasteiger partial charge in [-0.25, -0.2) is 14.8 Å². The first kappa shape index (κ1) is 19.8. The molecule has 1 aromatic carbocycles. The van der Waals surface area contributed by atoms with Crippen molar-refractivity contribution in [3.05, 3.63) is 46.6 Å². The Hall–Kier alpha value is -2.45. The van der Waals surface area contributed by atoms with Crippen LogP contribution in [0.3, 0.4) is 0 Å². The molecule has 3 aromatic rings. The van der Waals surface area contributed by atoms with Crippen molar-refractivity contribution in [3.8, 4) is 0 Å². The fourth-order valence-corrected chi connectivity index (χ4v) is 5.73. The lowest BCUT2D eigenvalue weighted by atomic mass is 9.89. The average molecular weight is 428 g/mol. The third-order valence-corrected chi connectivity index (χ3v) is 7.14. The van der Waals surface area contributed by atoms with Gasteiger partial charge in [-0.05, 0) is 55.0 Å². The van der Waals surface area contributed by atoms with Crippen LogP contribution >= 0.6 is 23.1 Å². The maximum absolute atomic E-state index is 12.4. The average Bonchev–Trinajstić information content (AvgIpc) is 3.10. The molecule has 0 saturated heterocycles. The molecule has 8 heteroatoms. The van der Waals surface area contributed by atoms with Crippen molar-refractivity contribution < 1.29 is 14.3 Å². The van der Waals surface area contributed by atoms with E-state index in [1.165, 1.54) is 35.7 Å². The molecule has 1 N–H and O–H groups in total. The highest BCUT2D eigenvalue weighted by Gasteiger charge is 2.23. The van der Waals surface area contributed by atoms with E-state index in [9.17, 15) is 9.59 Å². The monoisotopic (exact) mass is 427 g/mol. The number of hydrogen-bond acceptors (Lipinski definition) is 7. The summed E-state index contributed by atoms with van der Waals surface area (Å²) in [4.78, 5) is 35.2. The topological polar surface area (TPSA) is 81.2 Å². The van der Waals surface area contributed by atoms with Gasteiger partial charge >= 0.3 is 5.97 Å². The van der Waals surface area contributed by atoms with Gasteiger partial charge in [-0.15, -0.1) is 11.3 Å². The molecule has 0 aliphatic heterocycles. The second kappa shape index (κ2) is 8.51. The van der Waals surface area contributed by atoms with E-state index >= 15 is 0 Å². The highest BCUT2D eigenvalue weighted by atomic mass is 32.2. The van der Waals surface area contributed by atoms with E-state index in [-0.39, 0.29) is 11.7 Å². The van der Waals surface area contributed by atoms with Crippen LogP contribution in [0, 0.1) is 5.92 Å². The number of aryl methyl sites for hydroxylation is 1. The van der Waals surface area contributed by atoms with Gasteiger partial charge in [0.15, 0.2) is 0 Å². The van der Waals surface area contributed by atoms with Gasteiger partial charge in [0.25, 0.3) is 0 Å². The number of fused-ring (bicyclic) bond motifs is 3. The molecular formula is C21H21N3O3S2. The minimum absolute atomic E-state index is 0.120. The molecule has 0 spiro atoms. The highest BCUT2D eigenvalue weighted by Crippen LogP contribution is 2.40. The fraction of sp³-hybridized carbons (Fsp3) is 0.333. The number of amides is 1. The van der Waals surface area contributed by atoms with Crippen LogP contribution in [0.4, 0.5) is 5.69 Å². The van der Waals surface area contributed by atoms with E-state index in [2.05, 4.69) is 26.9 Å². The van der Waals surface area contributed by atoms with E-state index in [1.807, 2.05) is 0 Å². The second-order valence-electron chi connectivity index (χ2n) is 7.12. The van der Waals surface area contributed by atoms with E-state index < -0.39 is 5.97 Å². The van der Waals surface area contributed by atoms with Crippen molar-refractivity contribution >= 4 is 50.9 Å². The van der Waals surface area contributed by atoms with Gasteiger partial charge in [0, 0.05) is 16.0 Å². The summed E-state index contributed by atoms with van der Waals surface area (Å²) in [7, 11) is 1.34. The van der Waals surface area contributed by atoms with E-state index in [1.54, 1.807) is 41.9 Å². The van der Waals surface area contributed by atoms with Crippen molar-refractivity contribution in [2.24, 2.45) is 5.92 Å². The summed E-state index contributed by atoms with van der Waals surface area (Å²) < 4.78 is 4.68. The van der Waals surface area contributed by atoms with E-state index in [4.69, 9.17) is 0 Å². The van der Waals surface area contributed by atoms with E-state index in [0.717, 1.165) is 28.1 Å². The van der Waals surface area contributed by atoms with Gasteiger partial charge in [-0.3, -0.25) is 4.79 Å². The Labute approximate surface area is 177 Å². The maximum atomic E-state index is 12.4. The zero-order chi connectivity index (χ0) is 20.4. The summed E-state index contributed by atoms with van der Waals surface area (Å²) in [6, 6.07) is 6.63. The van der Waals surface area contributed by atoms with Crippen molar-refractivity contribution in [2.75, 3.05) is 18.2 Å². The summed E-state index contributed by atoms with van der Waals surface area (Å²) >= 11 is 3.19. The van der Waals surface area contributed by atoms with Crippen molar-refractivity contribution in [1.29, 1.82) is 0 Å². The number of benzene rings is 1. The SMILES string of the molecule is COC(=O)c1ccc(NC(=O)CSc2ncnc3sc4c(c23)CC[C@H](C)C4)cc1. The molecule has 1 atom stereocenters. The highest BCUT2D eigenvalue weighted by molar-refractivity contribution is 8.00. The Bertz CT molecular complexity index is 1060. The Morgan fingerprint density at radius 1 is 1.28 bits per heavy atom. The number of methoxy groups -OCH3 is 1. The Morgan fingerprint density at radius 3 is 2.83 bits per heavy atom. The summed E-state index contributed by atoms with van der Waals surface area (Å²) in [6.07, 6.45) is 4.91. The minimum Gasteiger partial charge on any atom is -0.465 e. The first-order chi connectivity index (χ1) is 14.0. The van der Waals surface area contributed by atoms with Crippen LogP contribution in [0.25, 0.3) is 10.2 Å². The van der Waals surface area contributed by atoms with Crippen LogP contribution in [-0.4, -0.2) is 34.7 Å². The number of nitrogens with zero attached hydrogens (tertiary/aromatic N) is 2. The van der Waals surface area contributed by atoms with E-state index in [0.29, 0.717) is 17.2 Å². The van der Waals surface area contributed by atoms with Crippen LogP contribution in [0.2, 0.25) is 0 Å². The molecule has 0 radical (unpaired) electrons. The van der Waals surface area contributed by atoms with Crippen molar-refractivity contribution in [3.63, 3.8) is 0 Å². The number of aromatic nitrogens is 2. The van der Waals surface area contributed by atoms with Crippen LogP contribution in [-0.2, 0) is 22.4 Å². The van der Waals surface area contributed by atoms with Gasteiger partial charge in [-0.2, -0.15) is 0 Å². The third-order valence-electron chi connectivity index (χ3n) is 4.99. The van der Waals surface area contributed by atoms with Crippen molar-refractivity contribution in [1.82, 2.24) is 9.97 Å². The quantitative estimate of drug-likeness (QED) is 0.371. The first-order valence-corrected chi connectivity index (χ1v) is 11.2. The van der Waals surface area contributed by atoms with Crippen LogP contribution < -0.4 is 5.32 Å². The number of thioether (sulfide) groups is 1. The number of nitrogens with one attached hydrogen (secondary N) is 1. The molecule has 2 aromatic heterocycles. The number of anilines is 1. The molecule has 0 bridgehead atoms. The lowest BCUT2D eigenvalue weighted by molar-refractivity contribution is -0.113. The second-order valence-corrected chi connectivity index (χ2v) is 9.16. The minimum atomic E-state index is -0.403. The Kier molecular flexibility index (Phi) is 5.82. The lowest BCUT2D eigenvalue weighted by Gasteiger charge is -2.18. The van der Waals surface area contributed by atoms with Gasteiger partial charge in [-0.1, -0.05) is 18.7 Å². The number of rotatable bonds is 5. The Balaban J connectivity index is 1.44. The molecule has 6 nitrogen and oxygen atoms in total. The zero-order valence-electron chi connectivity index (χ0n) is 16.2. The largest absolute Gasteiger partial charge is 0.465 e. The Morgan fingerprint density at radius 2 is 2.07 bits per heavy atom. The number of carbonyl (C=O) groups excluding carboxylic acids is 2. The summed E-state index contributed by atoms with van der Waals surface area (Å²) in [5, 5.41) is 4.85. The standard InChI is InChI=1S/C21H21N3O3S2/c1-12-3-8-15-16(9-12)29-20-18(15)19(22-11-23-20)28-10-17(25)24-14-6-4-13(5-7-14)21(26)27-2/h4-7,11-12H,3,8-10H2,1-2H3,(H,24,25)/t12-/m0/s1. The number of thiophene rings is 1. The molecule has 0 saturated carbocycles. The zero-order valence-corrected chi connectivity index (χ0v) is 17.9. The molecule has 1 aliphatic rings. The molecule has 1 amide bonds. The number of carbonyl (C=O) groups is 2. The fourth-order valence-electron chi connectivity index (χ4n) is 3.49. The molecule has 29 heavy (non-hydrogen) atoms. The van der Waals surface area contributed by atoms with Crippen LogP contribution in [0.1, 0.15) is 34.1 Å². The molecule has 0 unspecified atom stereocenters. The van der Waals surface area contributed by atoms with Gasteiger partial charge in [0.05, 0.1) is 18.4 Å². The molecule has 150 valence electrons.